The Bertz CT molecular complexity index is 768. The maximum absolute atomic E-state index is 13.5. The summed E-state index contributed by atoms with van der Waals surface area (Å²) in [4.78, 5) is 26.8. The second-order valence-corrected chi connectivity index (χ2v) is 14.1. The lowest BCUT2D eigenvalue weighted by Crippen LogP contribution is -2.53. The third kappa shape index (κ3) is 33.0. The van der Waals surface area contributed by atoms with Gasteiger partial charge in [-0.25, -0.2) is 0 Å². The molecule has 0 aromatic carbocycles. The molecule has 302 valence electrons. The van der Waals surface area contributed by atoms with Gasteiger partial charge in [0, 0.05) is 18.5 Å². The maximum Gasteiger partial charge on any atom is 0.237 e. The summed E-state index contributed by atoms with van der Waals surface area (Å²) in [5.41, 5.74) is 23.9. The molecule has 9 nitrogen and oxygen atoms in total. The summed E-state index contributed by atoms with van der Waals surface area (Å²) in [5.74, 6) is -1.19. The lowest BCUT2D eigenvalue weighted by Gasteiger charge is -2.27. The Morgan fingerprint density at radius 1 is 0.580 bits per heavy atom. The van der Waals surface area contributed by atoms with Crippen LogP contribution in [0.4, 0.5) is 0 Å². The SMILES string of the molecule is CCCCCCCCCCCCCC(CCCCCCCCCCCC)NC(=O)[C@@H](N)C(CCCN)C(=O)[C@@H](N)CCCNC(=N)N.Cl.Cl.Cl. The highest BCUT2D eigenvalue weighted by molar-refractivity contribution is 5.93. The fraction of sp³-hybridized carbons (Fsp3) is 0.921. The topological polar surface area (TPSA) is 186 Å². The van der Waals surface area contributed by atoms with Gasteiger partial charge in [0.25, 0.3) is 0 Å². The molecule has 0 saturated carbocycles. The molecule has 0 saturated heterocycles. The van der Waals surface area contributed by atoms with Crippen molar-refractivity contribution < 1.29 is 9.59 Å². The monoisotopic (exact) mass is 774 g/mol. The van der Waals surface area contributed by atoms with E-state index in [-0.39, 0.29) is 60.9 Å². The van der Waals surface area contributed by atoms with Crippen LogP contribution in [0.15, 0.2) is 0 Å². The maximum atomic E-state index is 13.5. The minimum absolute atomic E-state index is 0. The number of hydrogen-bond donors (Lipinski definition) is 7. The lowest BCUT2D eigenvalue weighted by atomic mass is 9.85. The highest BCUT2D eigenvalue weighted by Crippen LogP contribution is 2.19. The molecule has 0 aliphatic carbocycles. The molecule has 2 unspecified atom stereocenters. The van der Waals surface area contributed by atoms with E-state index in [1.54, 1.807) is 0 Å². The number of nitrogens with two attached hydrogens (primary N) is 4. The van der Waals surface area contributed by atoms with Gasteiger partial charge in [0.05, 0.1) is 12.1 Å². The van der Waals surface area contributed by atoms with Crippen LogP contribution >= 0.6 is 37.2 Å². The highest BCUT2D eigenvalue weighted by atomic mass is 35.5. The van der Waals surface area contributed by atoms with Crippen molar-refractivity contribution in [3.63, 3.8) is 0 Å². The van der Waals surface area contributed by atoms with Crippen LogP contribution in [0.5, 0.6) is 0 Å². The van der Waals surface area contributed by atoms with Gasteiger partial charge in [-0.1, -0.05) is 149 Å². The Balaban J connectivity index is -0.00000353. The summed E-state index contributed by atoms with van der Waals surface area (Å²) in [6.07, 6.45) is 31.2. The zero-order chi connectivity index (χ0) is 35.0. The summed E-state index contributed by atoms with van der Waals surface area (Å²) < 4.78 is 0. The Labute approximate surface area is 326 Å². The zero-order valence-electron chi connectivity index (χ0n) is 32.2. The van der Waals surface area contributed by atoms with Gasteiger partial charge in [0.15, 0.2) is 11.7 Å². The lowest BCUT2D eigenvalue weighted by molar-refractivity contribution is -0.132. The minimum Gasteiger partial charge on any atom is -0.370 e. The average Bonchev–Trinajstić information content (AvgIpc) is 3.05. The number of carbonyl (C=O) groups is 2. The van der Waals surface area contributed by atoms with E-state index < -0.39 is 18.0 Å². The Morgan fingerprint density at radius 2 is 0.980 bits per heavy atom. The number of unbranched alkanes of at least 4 members (excludes halogenated alkanes) is 19. The first-order valence-corrected chi connectivity index (χ1v) is 19.9. The molecular weight excluding hydrogens is 693 g/mol. The predicted molar refractivity (Wildman–Crippen MR) is 223 cm³/mol. The molecule has 0 aliphatic heterocycles. The quantitative estimate of drug-likeness (QED) is 0.0191. The standard InChI is InChI=1S/C38H79N7O2.3ClH/c1-3-5-7-9-11-13-15-17-19-21-23-27-32(26-22-20-18-16-14-12-10-8-6-4-2)45-37(47)35(41)33(28-24-30-39)36(46)34(40)29-25-31-44-38(42)43;;;/h32-35H,3-31,39-41H2,1-2H3,(H,45,47)(H4,42,43,44);3*1H/t32?,33?,34-,35-;;;/m0.../s1. The second kappa shape index (κ2) is 40.9. The van der Waals surface area contributed by atoms with E-state index in [4.69, 9.17) is 28.3 Å². The third-order valence-corrected chi connectivity index (χ3v) is 9.60. The molecule has 11 N–H and O–H groups in total. The number of nitrogens with one attached hydrogen (secondary N) is 3. The summed E-state index contributed by atoms with van der Waals surface area (Å²) in [7, 11) is 0. The van der Waals surface area contributed by atoms with Gasteiger partial charge in [0.1, 0.15) is 0 Å². The molecule has 50 heavy (non-hydrogen) atoms. The number of hydrogen-bond acceptors (Lipinski definition) is 6. The van der Waals surface area contributed by atoms with Crippen LogP contribution in [0.2, 0.25) is 0 Å². The van der Waals surface area contributed by atoms with E-state index in [2.05, 4.69) is 24.5 Å². The number of Topliss-reactive ketones (excluding diaryl/α,β-unsaturated/α-hetero) is 1. The first-order valence-electron chi connectivity index (χ1n) is 19.9. The molecule has 0 spiro atoms. The van der Waals surface area contributed by atoms with E-state index >= 15 is 0 Å². The molecule has 0 bridgehead atoms. The van der Waals surface area contributed by atoms with Gasteiger partial charge in [-0.15, -0.1) is 37.2 Å². The van der Waals surface area contributed by atoms with E-state index in [0.29, 0.717) is 38.8 Å². The summed E-state index contributed by atoms with van der Waals surface area (Å²) in [5, 5.41) is 13.3. The first kappa shape index (κ1) is 55.9. The van der Waals surface area contributed by atoms with E-state index in [1.807, 2.05) is 0 Å². The van der Waals surface area contributed by atoms with Crippen LogP contribution in [-0.4, -0.2) is 48.9 Å². The average molecular weight is 775 g/mol. The van der Waals surface area contributed by atoms with Crippen molar-refractivity contribution in [3.8, 4) is 0 Å². The second-order valence-electron chi connectivity index (χ2n) is 14.1. The summed E-state index contributed by atoms with van der Waals surface area (Å²) >= 11 is 0. The van der Waals surface area contributed by atoms with Crippen LogP contribution < -0.4 is 33.6 Å². The van der Waals surface area contributed by atoms with Gasteiger partial charge in [0.2, 0.25) is 5.91 Å². The molecule has 0 heterocycles. The first-order chi connectivity index (χ1) is 22.8. The number of halogens is 3. The summed E-state index contributed by atoms with van der Waals surface area (Å²) in [6.45, 7) is 5.42. The minimum atomic E-state index is -0.942. The van der Waals surface area contributed by atoms with Crippen molar-refractivity contribution in [1.82, 2.24) is 10.6 Å². The van der Waals surface area contributed by atoms with Crippen LogP contribution in [0.1, 0.15) is 187 Å². The van der Waals surface area contributed by atoms with Gasteiger partial charge >= 0.3 is 0 Å². The highest BCUT2D eigenvalue weighted by Gasteiger charge is 2.33. The smallest absolute Gasteiger partial charge is 0.237 e. The van der Waals surface area contributed by atoms with Gasteiger partial charge in [-0.3, -0.25) is 15.0 Å². The third-order valence-electron chi connectivity index (χ3n) is 9.60. The van der Waals surface area contributed by atoms with Gasteiger partial charge < -0.3 is 33.6 Å². The normalized spacial score (nSPS) is 13.1. The number of amides is 1. The molecule has 1 amide bonds. The van der Waals surface area contributed by atoms with E-state index in [0.717, 1.165) is 25.7 Å². The predicted octanol–water partition coefficient (Wildman–Crippen LogP) is 8.59. The van der Waals surface area contributed by atoms with Crippen molar-refractivity contribution in [2.24, 2.45) is 28.9 Å². The molecule has 4 atom stereocenters. The van der Waals surface area contributed by atoms with Crippen molar-refractivity contribution in [2.45, 2.75) is 205 Å². The van der Waals surface area contributed by atoms with Crippen molar-refractivity contribution >= 4 is 54.9 Å². The van der Waals surface area contributed by atoms with Crippen molar-refractivity contribution in [2.75, 3.05) is 13.1 Å². The fourth-order valence-corrected chi connectivity index (χ4v) is 6.50. The van der Waals surface area contributed by atoms with Gasteiger partial charge in [-0.05, 0) is 45.1 Å². The molecule has 12 heteroatoms. The zero-order valence-corrected chi connectivity index (χ0v) is 34.6. The van der Waals surface area contributed by atoms with Gasteiger partial charge in [-0.2, -0.15) is 0 Å². The number of rotatable bonds is 35. The number of ketones is 1. The molecule has 0 fully saturated rings. The molecule has 0 aliphatic rings. The van der Waals surface area contributed by atoms with Crippen LogP contribution in [-0.2, 0) is 9.59 Å². The molecule has 0 rings (SSSR count). The fourth-order valence-electron chi connectivity index (χ4n) is 6.50. The Hall–Kier alpha value is -0.840. The largest absolute Gasteiger partial charge is 0.370 e. The van der Waals surface area contributed by atoms with Crippen molar-refractivity contribution in [1.29, 1.82) is 5.41 Å². The van der Waals surface area contributed by atoms with Crippen molar-refractivity contribution in [3.05, 3.63) is 0 Å². The number of carbonyl (C=O) groups excluding carboxylic acids is 2. The molecule has 0 radical (unpaired) electrons. The van der Waals surface area contributed by atoms with Crippen LogP contribution in [0.25, 0.3) is 0 Å². The Kier molecular flexibility index (Phi) is 45.8. The number of guanidine groups is 1. The van der Waals surface area contributed by atoms with E-state index in [9.17, 15) is 9.59 Å². The summed E-state index contributed by atoms with van der Waals surface area (Å²) in [6, 6.07) is -1.58. The Morgan fingerprint density at radius 3 is 1.36 bits per heavy atom. The molecular formula is C38H82Cl3N7O2. The molecule has 0 aromatic rings. The van der Waals surface area contributed by atoms with E-state index in [1.165, 1.54) is 122 Å². The van der Waals surface area contributed by atoms with Crippen LogP contribution in [0.3, 0.4) is 0 Å². The van der Waals surface area contributed by atoms with Crippen LogP contribution in [0, 0.1) is 11.3 Å². The molecule has 0 aromatic heterocycles.